The van der Waals surface area contributed by atoms with Crippen LogP contribution < -0.4 is 10.6 Å². The fraction of sp³-hybridized carbons (Fsp3) is 0.524. The molecule has 5 heteroatoms. The Morgan fingerprint density at radius 3 is 2.69 bits per heavy atom. The highest BCUT2D eigenvalue weighted by atomic mass is 16.3. The Labute approximate surface area is 155 Å². The van der Waals surface area contributed by atoms with Crippen molar-refractivity contribution in [1.29, 1.82) is 0 Å². The molecule has 26 heavy (non-hydrogen) atoms. The van der Waals surface area contributed by atoms with Gasteiger partial charge in [-0.25, -0.2) is 9.97 Å². The van der Waals surface area contributed by atoms with Crippen molar-refractivity contribution in [1.82, 2.24) is 9.97 Å². The van der Waals surface area contributed by atoms with Crippen molar-refractivity contribution in [3.8, 4) is 0 Å². The van der Waals surface area contributed by atoms with Gasteiger partial charge in [-0.1, -0.05) is 37.6 Å². The van der Waals surface area contributed by atoms with Gasteiger partial charge in [0.15, 0.2) is 0 Å². The number of piperidine rings is 1. The molecule has 0 unspecified atom stereocenters. The minimum Gasteiger partial charge on any atom is -0.390 e. The Bertz CT molecular complexity index is 798. The molecule has 4 rings (SSSR count). The highest BCUT2D eigenvalue weighted by Gasteiger charge is 2.51. The summed E-state index contributed by atoms with van der Waals surface area (Å²) in [6.07, 6.45) is 3.34. The average molecular weight is 352 g/mol. The molecule has 1 aliphatic heterocycles. The van der Waals surface area contributed by atoms with Crippen LogP contribution in [0.15, 0.2) is 30.3 Å². The van der Waals surface area contributed by atoms with Crippen molar-refractivity contribution >= 4 is 5.82 Å². The van der Waals surface area contributed by atoms with E-state index in [1.54, 1.807) is 0 Å². The zero-order chi connectivity index (χ0) is 18.3. The first kappa shape index (κ1) is 17.4. The standard InChI is InChI=1S/C21H28N4O/c1-3-6-15-13-18(24-14(2)23-15)25-11-9-21(10-12-25)17-8-5-4-7-16(17)19(22)20(21)26/h4-5,7-8,13,19-20,26H,3,6,9-12,22H2,1-2H3/t19-,20+/m1/s1. The Morgan fingerprint density at radius 2 is 1.96 bits per heavy atom. The first-order chi connectivity index (χ1) is 12.5. The van der Waals surface area contributed by atoms with E-state index in [0.717, 1.165) is 61.7 Å². The van der Waals surface area contributed by atoms with E-state index in [-0.39, 0.29) is 11.5 Å². The van der Waals surface area contributed by atoms with Crippen LogP contribution in [-0.2, 0) is 11.8 Å². The number of rotatable bonds is 3. The first-order valence-electron chi connectivity index (χ1n) is 9.68. The van der Waals surface area contributed by atoms with Crippen molar-refractivity contribution in [2.45, 2.75) is 57.1 Å². The third-order valence-corrected chi connectivity index (χ3v) is 6.13. The summed E-state index contributed by atoms with van der Waals surface area (Å²) in [5.41, 5.74) is 9.57. The van der Waals surface area contributed by atoms with E-state index in [1.165, 1.54) is 5.56 Å². The van der Waals surface area contributed by atoms with Crippen LogP contribution in [0.1, 0.15) is 54.9 Å². The molecule has 1 fully saturated rings. The minimum atomic E-state index is -0.509. The van der Waals surface area contributed by atoms with Crippen molar-refractivity contribution < 1.29 is 5.11 Å². The van der Waals surface area contributed by atoms with Gasteiger partial charge in [-0.05, 0) is 37.3 Å². The van der Waals surface area contributed by atoms with Gasteiger partial charge in [0, 0.05) is 30.3 Å². The van der Waals surface area contributed by atoms with Gasteiger partial charge in [-0.3, -0.25) is 0 Å². The van der Waals surface area contributed by atoms with Crippen molar-refractivity contribution in [2.75, 3.05) is 18.0 Å². The lowest BCUT2D eigenvalue weighted by atomic mass is 9.72. The Morgan fingerprint density at radius 1 is 1.23 bits per heavy atom. The van der Waals surface area contributed by atoms with E-state index in [1.807, 2.05) is 13.0 Å². The number of hydrogen-bond acceptors (Lipinski definition) is 5. The van der Waals surface area contributed by atoms with Crippen LogP contribution >= 0.6 is 0 Å². The quantitative estimate of drug-likeness (QED) is 0.888. The predicted molar refractivity (Wildman–Crippen MR) is 103 cm³/mol. The summed E-state index contributed by atoms with van der Waals surface area (Å²) < 4.78 is 0. The van der Waals surface area contributed by atoms with Gasteiger partial charge in [0.05, 0.1) is 12.1 Å². The van der Waals surface area contributed by atoms with E-state index in [2.05, 4.69) is 46.1 Å². The number of anilines is 1. The summed E-state index contributed by atoms with van der Waals surface area (Å²) >= 11 is 0. The molecule has 1 aliphatic carbocycles. The lowest BCUT2D eigenvalue weighted by Crippen LogP contribution is -2.49. The van der Waals surface area contributed by atoms with Gasteiger partial charge in [0.1, 0.15) is 11.6 Å². The van der Waals surface area contributed by atoms with Crippen LogP contribution in [0.4, 0.5) is 5.82 Å². The number of aryl methyl sites for hydroxylation is 2. The maximum Gasteiger partial charge on any atom is 0.132 e. The normalized spacial score (nSPS) is 24.1. The molecule has 1 saturated heterocycles. The van der Waals surface area contributed by atoms with E-state index in [9.17, 15) is 5.11 Å². The number of aliphatic hydroxyl groups is 1. The molecule has 5 nitrogen and oxygen atoms in total. The van der Waals surface area contributed by atoms with Crippen LogP contribution in [0, 0.1) is 6.92 Å². The predicted octanol–water partition coefficient (Wildman–Crippen LogP) is 2.65. The largest absolute Gasteiger partial charge is 0.390 e. The number of benzene rings is 1. The van der Waals surface area contributed by atoms with Crippen LogP contribution in [0.5, 0.6) is 0 Å². The lowest BCUT2D eigenvalue weighted by molar-refractivity contribution is 0.0582. The zero-order valence-corrected chi connectivity index (χ0v) is 15.7. The van der Waals surface area contributed by atoms with Crippen molar-refractivity contribution in [3.63, 3.8) is 0 Å². The number of aliphatic hydroxyl groups excluding tert-OH is 1. The second-order valence-corrected chi connectivity index (χ2v) is 7.72. The molecule has 2 aliphatic rings. The molecule has 2 heterocycles. The number of nitrogens with zero attached hydrogens (tertiary/aromatic N) is 3. The molecule has 2 atom stereocenters. The van der Waals surface area contributed by atoms with Crippen LogP contribution in [0.25, 0.3) is 0 Å². The smallest absolute Gasteiger partial charge is 0.132 e. The van der Waals surface area contributed by atoms with Crippen LogP contribution in [-0.4, -0.2) is 34.3 Å². The van der Waals surface area contributed by atoms with Crippen LogP contribution in [0.2, 0.25) is 0 Å². The monoisotopic (exact) mass is 352 g/mol. The lowest BCUT2D eigenvalue weighted by Gasteiger charge is -2.43. The fourth-order valence-corrected chi connectivity index (χ4v) is 4.77. The van der Waals surface area contributed by atoms with Gasteiger partial charge in [-0.2, -0.15) is 0 Å². The summed E-state index contributed by atoms with van der Waals surface area (Å²) in [6.45, 7) is 5.88. The molecular formula is C21H28N4O. The van der Waals surface area contributed by atoms with Gasteiger partial charge >= 0.3 is 0 Å². The Kier molecular flexibility index (Phi) is 4.45. The first-order valence-corrected chi connectivity index (χ1v) is 9.68. The number of aromatic nitrogens is 2. The third kappa shape index (κ3) is 2.70. The minimum absolute atomic E-state index is 0.221. The Hall–Kier alpha value is -1.98. The van der Waals surface area contributed by atoms with Gasteiger partial charge < -0.3 is 15.7 Å². The summed E-state index contributed by atoms with van der Waals surface area (Å²) in [7, 11) is 0. The van der Waals surface area contributed by atoms with Gasteiger partial charge in [-0.15, -0.1) is 0 Å². The number of fused-ring (bicyclic) bond motifs is 2. The second-order valence-electron chi connectivity index (χ2n) is 7.72. The van der Waals surface area contributed by atoms with Gasteiger partial charge in [0.25, 0.3) is 0 Å². The molecular weight excluding hydrogens is 324 g/mol. The summed E-state index contributed by atoms with van der Waals surface area (Å²) in [4.78, 5) is 11.5. The van der Waals surface area contributed by atoms with Crippen LogP contribution in [0.3, 0.4) is 0 Å². The molecule has 1 aromatic heterocycles. The topological polar surface area (TPSA) is 75.3 Å². The molecule has 2 aromatic rings. The summed E-state index contributed by atoms with van der Waals surface area (Å²) in [5.74, 6) is 1.85. The maximum atomic E-state index is 10.9. The fourth-order valence-electron chi connectivity index (χ4n) is 4.77. The summed E-state index contributed by atoms with van der Waals surface area (Å²) in [5, 5.41) is 10.9. The summed E-state index contributed by atoms with van der Waals surface area (Å²) in [6, 6.07) is 10.1. The molecule has 1 spiro atoms. The SMILES string of the molecule is CCCc1cc(N2CCC3(CC2)c2ccccc2[C@@H](N)[C@@H]3O)nc(C)n1. The van der Waals surface area contributed by atoms with Crippen molar-refractivity contribution in [2.24, 2.45) is 5.73 Å². The highest BCUT2D eigenvalue weighted by molar-refractivity contribution is 5.48. The highest BCUT2D eigenvalue weighted by Crippen LogP contribution is 2.50. The molecule has 0 bridgehead atoms. The molecule has 138 valence electrons. The molecule has 0 saturated carbocycles. The maximum absolute atomic E-state index is 10.9. The molecule has 0 radical (unpaired) electrons. The van der Waals surface area contributed by atoms with E-state index in [0.29, 0.717) is 0 Å². The number of hydrogen-bond donors (Lipinski definition) is 2. The van der Waals surface area contributed by atoms with Gasteiger partial charge in [0.2, 0.25) is 0 Å². The Balaban J connectivity index is 1.58. The molecule has 1 aromatic carbocycles. The number of nitrogens with two attached hydrogens (primary N) is 1. The van der Waals surface area contributed by atoms with E-state index >= 15 is 0 Å². The second kappa shape index (κ2) is 6.63. The zero-order valence-electron chi connectivity index (χ0n) is 15.7. The average Bonchev–Trinajstić information content (AvgIpc) is 2.85. The molecule has 0 amide bonds. The van der Waals surface area contributed by atoms with E-state index < -0.39 is 6.10 Å². The van der Waals surface area contributed by atoms with Crippen molar-refractivity contribution in [3.05, 3.63) is 53.0 Å². The molecule has 3 N–H and O–H groups in total. The van der Waals surface area contributed by atoms with E-state index in [4.69, 9.17) is 5.73 Å². The third-order valence-electron chi connectivity index (χ3n) is 6.13.